The molecule has 1 heterocycles. The molecule has 0 aromatic carbocycles. The second-order valence-corrected chi connectivity index (χ2v) is 14.1. The van der Waals surface area contributed by atoms with E-state index < -0.39 is 45.1 Å². The van der Waals surface area contributed by atoms with Crippen LogP contribution in [0.1, 0.15) is 66.7 Å². The Morgan fingerprint density at radius 2 is 1.71 bits per heavy atom. The Morgan fingerprint density at radius 1 is 1.11 bits per heavy atom. The molecule has 3 amide bonds. The monoisotopic (exact) mass is 514 g/mol. The maximum atomic E-state index is 13.7. The van der Waals surface area contributed by atoms with E-state index in [4.69, 9.17) is 4.74 Å². The molecule has 0 unspecified atom stereocenters. The van der Waals surface area contributed by atoms with Gasteiger partial charge >= 0.3 is 12.0 Å². The zero-order valence-electron chi connectivity index (χ0n) is 22.1. The average Bonchev–Trinajstić information content (AvgIpc) is 3.09. The molecule has 0 aromatic heterocycles. The normalized spacial score (nSPS) is 28.0. The fourth-order valence-electron chi connectivity index (χ4n) is 5.97. The largest absolute Gasteiger partial charge is 0.467 e. The fraction of sp³-hybridized carbons (Fsp3) is 0.875. The number of ether oxygens (including phenoxy) is 1. The van der Waals surface area contributed by atoms with Crippen molar-refractivity contribution in [1.82, 2.24) is 20.3 Å². The van der Waals surface area contributed by atoms with Gasteiger partial charge in [-0.25, -0.2) is 22.7 Å². The molecule has 3 rings (SSSR count). The fourth-order valence-corrected chi connectivity index (χ4v) is 6.51. The number of fused-ring (bicyclic) bond motifs is 1. The Morgan fingerprint density at radius 3 is 2.23 bits per heavy atom. The van der Waals surface area contributed by atoms with Crippen molar-refractivity contribution >= 4 is 27.9 Å². The van der Waals surface area contributed by atoms with Crippen LogP contribution < -0.4 is 15.4 Å². The van der Waals surface area contributed by atoms with Crippen LogP contribution in [0.15, 0.2) is 0 Å². The number of amides is 3. The predicted octanol–water partition coefficient (Wildman–Crippen LogP) is 1.61. The van der Waals surface area contributed by atoms with Gasteiger partial charge in [0.25, 0.3) is 0 Å². The Balaban J connectivity index is 1.77. The molecule has 1 aliphatic heterocycles. The number of urea groups is 1. The van der Waals surface area contributed by atoms with Crippen LogP contribution in [0.25, 0.3) is 0 Å². The first-order valence-electron chi connectivity index (χ1n) is 12.4. The molecule has 2 aliphatic carbocycles. The van der Waals surface area contributed by atoms with Gasteiger partial charge in [-0.1, -0.05) is 53.9 Å². The highest BCUT2D eigenvalue weighted by Gasteiger charge is 2.70. The number of likely N-dealkylation sites (tertiary alicyclic amines) is 1. The first-order valence-corrected chi connectivity index (χ1v) is 14.3. The van der Waals surface area contributed by atoms with Crippen molar-refractivity contribution in [3.05, 3.63) is 0 Å². The van der Waals surface area contributed by atoms with Crippen LogP contribution in [0.5, 0.6) is 0 Å². The topological polar surface area (TPSA) is 134 Å². The molecule has 0 radical (unpaired) electrons. The van der Waals surface area contributed by atoms with Gasteiger partial charge in [0, 0.05) is 19.0 Å². The number of piperidine rings is 1. The molecule has 1 saturated heterocycles. The molecular formula is C24H42N4O6S. The zero-order valence-corrected chi connectivity index (χ0v) is 22.9. The third-order valence-electron chi connectivity index (χ3n) is 8.18. The van der Waals surface area contributed by atoms with Crippen molar-refractivity contribution in [3.63, 3.8) is 0 Å². The average molecular weight is 515 g/mol. The van der Waals surface area contributed by atoms with Gasteiger partial charge in [-0.15, -0.1) is 0 Å². The van der Waals surface area contributed by atoms with E-state index in [1.807, 2.05) is 20.8 Å². The molecule has 3 fully saturated rings. The molecule has 4 atom stereocenters. The van der Waals surface area contributed by atoms with Crippen LogP contribution in [0, 0.1) is 22.7 Å². The van der Waals surface area contributed by atoms with Crippen molar-refractivity contribution in [3.8, 4) is 0 Å². The van der Waals surface area contributed by atoms with Crippen molar-refractivity contribution in [2.45, 2.75) is 84.3 Å². The van der Waals surface area contributed by atoms with E-state index in [2.05, 4.69) is 29.2 Å². The van der Waals surface area contributed by atoms with Crippen molar-refractivity contribution in [2.24, 2.45) is 22.7 Å². The summed E-state index contributed by atoms with van der Waals surface area (Å²) >= 11 is 0. The molecule has 3 N–H and O–H groups in total. The summed E-state index contributed by atoms with van der Waals surface area (Å²) in [6, 6.07) is -2.06. The number of carbonyl (C=O) groups is 3. The summed E-state index contributed by atoms with van der Waals surface area (Å²) in [5, 5.41) is 5.85. The molecule has 10 nitrogen and oxygen atoms in total. The first-order chi connectivity index (χ1) is 16.0. The lowest BCUT2D eigenvalue weighted by atomic mass is 9.81. The molecule has 3 aliphatic rings. The number of hydrogen-bond donors (Lipinski definition) is 3. The summed E-state index contributed by atoms with van der Waals surface area (Å²) < 4.78 is 31.0. The highest BCUT2D eigenvalue weighted by molar-refractivity contribution is 7.88. The summed E-state index contributed by atoms with van der Waals surface area (Å²) in [5.74, 6) is -0.474. The smallest absolute Gasteiger partial charge is 0.328 e. The van der Waals surface area contributed by atoms with Gasteiger partial charge in [0.2, 0.25) is 15.9 Å². The van der Waals surface area contributed by atoms with Gasteiger partial charge in [-0.2, -0.15) is 0 Å². The van der Waals surface area contributed by atoms with Gasteiger partial charge in [0.1, 0.15) is 12.1 Å². The third-order valence-corrected chi connectivity index (χ3v) is 8.85. The number of nitrogens with one attached hydrogen (secondary N) is 3. The van der Waals surface area contributed by atoms with E-state index >= 15 is 0 Å². The van der Waals surface area contributed by atoms with Gasteiger partial charge in [-0.3, -0.25) is 4.79 Å². The van der Waals surface area contributed by atoms with Crippen LogP contribution in [0.3, 0.4) is 0 Å². The third kappa shape index (κ3) is 5.93. The van der Waals surface area contributed by atoms with E-state index in [0.717, 1.165) is 25.5 Å². The number of hydrogen-bond acceptors (Lipinski definition) is 6. The summed E-state index contributed by atoms with van der Waals surface area (Å²) in [7, 11) is -2.09. The van der Waals surface area contributed by atoms with E-state index in [1.54, 1.807) is 4.90 Å². The Hall–Kier alpha value is -1.88. The van der Waals surface area contributed by atoms with Crippen molar-refractivity contribution in [2.75, 3.05) is 26.5 Å². The number of esters is 1. The minimum Gasteiger partial charge on any atom is -0.467 e. The van der Waals surface area contributed by atoms with Gasteiger partial charge in [-0.05, 0) is 29.6 Å². The van der Waals surface area contributed by atoms with E-state index in [1.165, 1.54) is 7.11 Å². The lowest BCUT2D eigenvalue weighted by Gasteiger charge is -2.40. The zero-order chi connectivity index (χ0) is 26.4. The molecule has 0 spiro atoms. The van der Waals surface area contributed by atoms with Crippen LogP contribution in [-0.4, -0.2) is 75.3 Å². The number of rotatable bonds is 7. The molecular weight excluding hydrogens is 472 g/mol. The maximum Gasteiger partial charge on any atom is 0.328 e. The van der Waals surface area contributed by atoms with Gasteiger partial charge in [0.15, 0.2) is 0 Å². The molecule has 11 heteroatoms. The van der Waals surface area contributed by atoms with Crippen molar-refractivity contribution in [1.29, 1.82) is 0 Å². The van der Waals surface area contributed by atoms with Crippen LogP contribution in [-0.2, 0) is 24.3 Å². The predicted molar refractivity (Wildman–Crippen MR) is 132 cm³/mol. The Labute approximate surface area is 209 Å². The number of carbonyl (C=O) groups excluding carboxylic acids is 3. The Kier molecular flexibility index (Phi) is 7.55. The van der Waals surface area contributed by atoms with Crippen molar-refractivity contribution < 1.29 is 27.5 Å². The highest BCUT2D eigenvalue weighted by atomic mass is 32.2. The number of sulfonamides is 1. The molecule has 0 aromatic rings. The van der Waals surface area contributed by atoms with E-state index in [0.29, 0.717) is 19.4 Å². The summed E-state index contributed by atoms with van der Waals surface area (Å²) in [4.78, 5) is 41.2. The second kappa shape index (κ2) is 9.53. The van der Waals surface area contributed by atoms with E-state index in [9.17, 15) is 22.8 Å². The standard InChI is InChI=1S/C24H42N4O6S/c1-22(2,3)18(19(29)28-13-15-16(23(15,4)5)17(28)20(30)34-6)26-21(31)27-24(11-9-8-10-12-24)14-25-35(7,32)33/h15-18,25H,8-14H2,1-7H3,(H2,26,27,31)/t15-,16-,17-,18+/m0/s1. The highest BCUT2D eigenvalue weighted by Crippen LogP contribution is 2.65. The quantitative estimate of drug-likeness (QED) is 0.442. The molecule has 0 bridgehead atoms. The van der Waals surface area contributed by atoms with Crippen LogP contribution >= 0.6 is 0 Å². The molecule has 2 saturated carbocycles. The summed E-state index contributed by atoms with van der Waals surface area (Å²) in [6.07, 6.45) is 5.16. The first kappa shape index (κ1) is 27.7. The Bertz CT molecular complexity index is 952. The SMILES string of the molecule is COC(=O)[C@@H]1[C@@H]2[C@H](CN1C(=O)[C@@H](NC(=O)NC1(CNS(C)(=O)=O)CCCCC1)C(C)(C)C)C2(C)C. The van der Waals surface area contributed by atoms with E-state index in [-0.39, 0.29) is 29.7 Å². The number of methoxy groups -OCH3 is 1. The second-order valence-electron chi connectivity index (χ2n) is 12.2. The van der Waals surface area contributed by atoms with Gasteiger partial charge < -0.3 is 20.3 Å². The molecule has 35 heavy (non-hydrogen) atoms. The summed E-state index contributed by atoms with van der Waals surface area (Å²) in [5.41, 5.74) is -1.37. The minimum absolute atomic E-state index is 0.0301. The number of nitrogens with zero attached hydrogens (tertiary/aromatic N) is 1. The summed E-state index contributed by atoms with van der Waals surface area (Å²) in [6.45, 7) is 10.3. The lowest BCUT2D eigenvalue weighted by Crippen LogP contribution is -2.63. The van der Waals surface area contributed by atoms with Gasteiger partial charge in [0.05, 0.1) is 18.9 Å². The molecule has 200 valence electrons. The van der Waals surface area contributed by atoms with Crippen LogP contribution in [0.2, 0.25) is 0 Å². The minimum atomic E-state index is -3.42. The maximum absolute atomic E-state index is 13.7. The van der Waals surface area contributed by atoms with Crippen LogP contribution in [0.4, 0.5) is 4.79 Å². The lowest BCUT2D eigenvalue weighted by molar-refractivity contribution is -0.154.